The van der Waals surface area contributed by atoms with Gasteiger partial charge in [0.05, 0.1) is 12.4 Å². The number of nitrogens with zero attached hydrogens (tertiary/aromatic N) is 2. The van der Waals surface area contributed by atoms with E-state index in [0.717, 1.165) is 18.0 Å². The van der Waals surface area contributed by atoms with Gasteiger partial charge in [-0.05, 0) is 29.3 Å². The van der Waals surface area contributed by atoms with Crippen LogP contribution in [0.3, 0.4) is 0 Å². The second kappa shape index (κ2) is 5.83. The molecule has 0 radical (unpaired) electrons. The van der Waals surface area contributed by atoms with Crippen LogP contribution in [0.5, 0.6) is 0 Å². The van der Waals surface area contributed by atoms with Gasteiger partial charge in [0, 0.05) is 11.6 Å². The fraction of sp³-hybridized carbons (Fsp3) is 0.0909. The third-order valence-corrected chi connectivity index (χ3v) is 4.05. The minimum absolute atomic E-state index is 0.00575. The van der Waals surface area contributed by atoms with Gasteiger partial charge in [0.2, 0.25) is 15.3 Å². The highest BCUT2D eigenvalue weighted by Gasteiger charge is 2.14. The van der Waals surface area contributed by atoms with Crippen molar-refractivity contribution in [3.05, 3.63) is 52.5 Å². The summed E-state index contributed by atoms with van der Waals surface area (Å²) in [5.41, 5.74) is 0.756. The molecule has 5 nitrogen and oxygen atoms in total. The second-order valence-corrected chi connectivity index (χ2v) is 6.18. The molecule has 100 valence electrons. The molecule has 0 bridgehead atoms. The molecule has 0 saturated carbocycles. The average molecular weight is 318 g/mol. The predicted molar refractivity (Wildman–Crippen MR) is 72.5 cm³/mol. The first-order valence-electron chi connectivity index (χ1n) is 5.19. The third-order valence-electron chi connectivity index (χ3n) is 2.26. The average Bonchev–Trinajstić information content (AvgIpc) is 2.37. The highest BCUT2D eigenvalue weighted by molar-refractivity contribution is 7.89. The predicted octanol–water partition coefficient (Wildman–Crippen LogP) is 2.26. The minimum atomic E-state index is -3.66. The van der Waals surface area contributed by atoms with Crippen LogP contribution < -0.4 is 4.72 Å². The van der Waals surface area contributed by atoms with Crippen LogP contribution in [0.25, 0.3) is 0 Å². The van der Waals surface area contributed by atoms with Crippen molar-refractivity contribution in [2.75, 3.05) is 0 Å². The molecule has 1 heterocycles. The van der Waals surface area contributed by atoms with E-state index in [1.807, 2.05) is 0 Å². The Labute approximate surface area is 120 Å². The standard InChI is InChI=1S/C11H9Cl2N3O2S/c12-9-3-1-2-8(4-9)5-16-19(17,18)10-6-14-11(13)15-7-10/h1-4,6-7,16H,5H2. The molecule has 0 spiro atoms. The molecule has 2 rings (SSSR count). The largest absolute Gasteiger partial charge is 0.243 e. The molecular weight excluding hydrogens is 309 g/mol. The number of hydrogen-bond acceptors (Lipinski definition) is 4. The van der Waals surface area contributed by atoms with Gasteiger partial charge in [0.25, 0.3) is 0 Å². The van der Waals surface area contributed by atoms with Crippen LogP contribution in [0.15, 0.2) is 41.6 Å². The quantitative estimate of drug-likeness (QED) is 0.878. The van der Waals surface area contributed by atoms with E-state index in [9.17, 15) is 8.42 Å². The lowest BCUT2D eigenvalue weighted by molar-refractivity contribution is 0.580. The van der Waals surface area contributed by atoms with Gasteiger partial charge in [-0.25, -0.2) is 23.1 Å². The Morgan fingerprint density at radius 3 is 2.47 bits per heavy atom. The molecule has 0 aliphatic carbocycles. The zero-order chi connectivity index (χ0) is 13.9. The smallest absolute Gasteiger partial charge is 0.225 e. The van der Waals surface area contributed by atoms with Crippen LogP contribution in [0.1, 0.15) is 5.56 Å². The Morgan fingerprint density at radius 2 is 1.84 bits per heavy atom. The van der Waals surface area contributed by atoms with Gasteiger partial charge in [-0.2, -0.15) is 0 Å². The van der Waals surface area contributed by atoms with Crippen LogP contribution in [0, 0.1) is 0 Å². The summed E-state index contributed by atoms with van der Waals surface area (Å²) in [4.78, 5) is 7.21. The summed E-state index contributed by atoms with van der Waals surface area (Å²) in [5.74, 6) is 0. The van der Waals surface area contributed by atoms with Gasteiger partial charge in [-0.3, -0.25) is 0 Å². The van der Waals surface area contributed by atoms with Crippen molar-refractivity contribution in [3.63, 3.8) is 0 Å². The lowest BCUT2D eigenvalue weighted by Gasteiger charge is -2.06. The van der Waals surface area contributed by atoms with Gasteiger partial charge in [-0.1, -0.05) is 23.7 Å². The normalized spacial score (nSPS) is 11.5. The van der Waals surface area contributed by atoms with E-state index < -0.39 is 10.0 Å². The zero-order valence-electron chi connectivity index (χ0n) is 9.55. The van der Waals surface area contributed by atoms with Gasteiger partial charge in [0.15, 0.2) is 0 Å². The SMILES string of the molecule is O=S(=O)(NCc1cccc(Cl)c1)c1cnc(Cl)nc1. The lowest BCUT2D eigenvalue weighted by Crippen LogP contribution is -2.23. The van der Waals surface area contributed by atoms with Crippen LogP contribution in [-0.2, 0) is 16.6 Å². The zero-order valence-corrected chi connectivity index (χ0v) is 11.9. The molecule has 1 N–H and O–H groups in total. The number of rotatable bonds is 4. The van der Waals surface area contributed by atoms with Crippen molar-refractivity contribution in [1.82, 2.24) is 14.7 Å². The Hall–Kier alpha value is -1.21. The highest BCUT2D eigenvalue weighted by Crippen LogP contribution is 2.12. The summed E-state index contributed by atoms with van der Waals surface area (Å²) < 4.78 is 26.3. The summed E-state index contributed by atoms with van der Waals surface area (Å²) in [6, 6.07) is 6.92. The summed E-state index contributed by atoms with van der Waals surface area (Å²) in [7, 11) is -3.66. The van der Waals surface area contributed by atoms with Gasteiger partial charge < -0.3 is 0 Å². The fourth-order valence-electron chi connectivity index (χ4n) is 1.35. The molecule has 0 unspecified atom stereocenters. The number of sulfonamides is 1. The van der Waals surface area contributed by atoms with E-state index in [0.29, 0.717) is 5.02 Å². The summed E-state index contributed by atoms with van der Waals surface area (Å²) in [5, 5.41) is 0.542. The van der Waals surface area contributed by atoms with E-state index in [-0.39, 0.29) is 16.7 Å². The lowest BCUT2D eigenvalue weighted by atomic mass is 10.2. The topological polar surface area (TPSA) is 72.0 Å². The molecule has 0 amide bonds. The number of aromatic nitrogens is 2. The number of benzene rings is 1. The van der Waals surface area contributed by atoms with Crippen molar-refractivity contribution in [1.29, 1.82) is 0 Å². The molecule has 0 atom stereocenters. The molecule has 0 saturated heterocycles. The molecule has 1 aromatic carbocycles. The molecule has 8 heteroatoms. The molecule has 19 heavy (non-hydrogen) atoms. The maximum absolute atomic E-state index is 11.9. The highest BCUT2D eigenvalue weighted by atomic mass is 35.5. The molecule has 0 fully saturated rings. The molecule has 0 aliphatic heterocycles. The van der Waals surface area contributed by atoms with E-state index >= 15 is 0 Å². The van der Waals surface area contributed by atoms with Crippen LogP contribution in [0.4, 0.5) is 0 Å². The summed E-state index contributed by atoms with van der Waals surface area (Å²) in [6.07, 6.45) is 2.30. The Bertz CT molecular complexity index is 675. The van der Waals surface area contributed by atoms with E-state index in [4.69, 9.17) is 23.2 Å². The Kier molecular flexibility index (Phi) is 4.36. The minimum Gasteiger partial charge on any atom is -0.225 e. The van der Waals surface area contributed by atoms with E-state index in [1.165, 1.54) is 0 Å². The van der Waals surface area contributed by atoms with Crippen molar-refractivity contribution >= 4 is 33.2 Å². The van der Waals surface area contributed by atoms with Crippen LogP contribution in [0.2, 0.25) is 10.3 Å². The van der Waals surface area contributed by atoms with Crippen molar-refractivity contribution in [2.45, 2.75) is 11.4 Å². The van der Waals surface area contributed by atoms with Crippen molar-refractivity contribution < 1.29 is 8.42 Å². The first-order chi connectivity index (χ1) is 8.97. The summed E-state index contributed by atoms with van der Waals surface area (Å²) >= 11 is 11.3. The van der Waals surface area contributed by atoms with E-state index in [2.05, 4.69) is 14.7 Å². The maximum Gasteiger partial charge on any atom is 0.243 e. The monoisotopic (exact) mass is 317 g/mol. The first-order valence-corrected chi connectivity index (χ1v) is 7.43. The maximum atomic E-state index is 11.9. The Morgan fingerprint density at radius 1 is 1.16 bits per heavy atom. The molecule has 2 aromatic rings. The fourth-order valence-corrected chi connectivity index (χ4v) is 2.56. The number of hydrogen-bond donors (Lipinski definition) is 1. The number of nitrogens with one attached hydrogen (secondary N) is 1. The second-order valence-electron chi connectivity index (χ2n) is 3.64. The third kappa shape index (κ3) is 3.87. The number of halogens is 2. The van der Waals surface area contributed by atoms with Crippen LogP contribution in [-0.4, -0.2) is 18.4 Å². The van der Waals surface area contributed by atoms with Crippen LogP contribution >= 0.6 is 23.2 Å². The van der Waals surface area contributed by atoms with Gasteiger partial charge in [0.1, 0.15) is 4.90 Å². The summed E-state index contributed by atoms with van der Waals surface area (Å²) in [6.45, 7) is 0.130. The Balaban J connectivity index is 2.12. The first kappa shape index (κ1) is 14.2. The molecule has 1 aromatic heterocycles. The van der Waals surface area contributed by atoms with Gasteiger partial charge in [-0.15, -0.1) is 0 Å². The van der Waals surface area contributed by atoms with E-state index in [1.54, 1.807) is 24.3 Å². The molecule has 0 aliphatic rings. The van der Waals surface area contributed by atoms with Crippen molar-refractivity contribution in [3.8, 4) is 0 Å². The van der Waals surface area contributed by atoms with Gasteiger partial charge >= 0.3 is 0 Å². The molecular formula is C11H9Cl2N3O2S. The van der Waals surface area contributed by atoms with Crippen molar-refractivity contribution in [2.24, 2.45) is 0 Å².